The van der Waals surface area contributed by atoms with E-state index in [0.29, 0.717) is 0 Å². The summed E-state index contributed by atoms with van der Waals surface area (Å²) in [5, 5.41) is 0. The molecule has 1 fully saturated rings. The third-order valence-electron chi connectivity index (χ3n) is 2.76. The third-order valence-corrected chi connectivity index (χ3v) is 3.45. The maximum Gasteiger partial charge on any atom is 0.119 e. The van der Waals surface area contributed by atoms with Gasteiger partial charge in [-0.1, -0.05) is 15.9 Å². The minimum Gasteiger partial charge on any atom is -0.497 e. The van der Waals surface area contributed by atoms with Crippen LogP contribution >= 0.6 is 15.9 Å². The molecule has 1 aromatic carbocycles. The highest BCUT2D eigenvalue weighted by atomic mass is 79.9. The molecule has 0 amide bonds. The van der Waals surface area contributed by atoms with Crippen LogP contribution in [0.3, 0.4) is 0 Å². The molecule has 0 unspecified atom stereocenters. The lowest BCUT2D eigenvalue weighted by Gasteiger charge is -2.16. The first-order valence-electron chi connectivity index (χ1n) is 4.61. The van der Waals surface area contributed by atoms with Crippen molar-refractivity contribution in [2.45, 2.75) is 18.4 Å². The van der Waals surface area contributed by atoms with Crippen molar-refractivity contribution < 1.29 is 9.47 Å². The fourth-order valence-corrected chi connectivity index (χ4v) is 2.29. The molecule has 0 N–H and O–H groups in total. The van der Waals surface area contributed by atoms with Crippen molar-refractivity contribution in [1.82, 2.24) is 0 Å². The highest BCUT2D eigenvalue weighted by Gasteiger charge is 2.46. The Morgan fingerprint density at radius 1 is 1.29 bits per heavy atom. The average Bonchev–Trinajstić information content (AvgIpc) is 2.99. The van der Waals surface area contributed by atoms with E-state index in [1.54, 1.807) is 14.2 Å². The summed E-state index contributed by atoms with van der Waals surface area (Å²) in [4.78, 5) is 0. The Morgan fingerprint density at radius 3 is 2.50 bits per heavy atom. The fraction of sp³-hybridized carbons (Fsp3) is 0.455. The van der Waals surface area contributed by atoms with Crippen LogP contribution in [0.15, 0.2) is 22.7 Å². The summed E-state index contributed by atoms with van der Waals surface area (Å²) in [5.74, 6) is 0.881. The zero-order chi connectivity index (χ0) is 10.2. The maximum absolute atomic E-state index is 5.53. The Morgan fingerprint density at radius 2 is 2.00 bits per heavy atom. The van der Waals surface area contributed by atoms with Gasteiger partial charge in [-0.15, -0.1) is 0 Å². The topological polar surface area (TPSA) is 18.5 Å². The molecular formula is C11H13BrO2. The Kier molecular flexibility index (Phi) is 2.54. The molecule has 0 bridgehead atoms. The lowest BCUT2D eigenvalue weighted by atomic mass is 10.1. The monoisotopic (exact) mass is 256 g/mol. The van der Waals surface area contributed by atoms with Crippen LogP contribution in [0.2, 0.25) is 0 Å². The molecule has 2 rings (SSSR count). The van der Waals surface area contributed by atoms with Gasteiger partial charge in [0.1, 0.15) is 5.75 Å². The molecule has 1 aliphatic carbocycles. The van der Waals surface area contributed by atoms with E-state index in [4.69, 9.17) is 9.47 Å². The van der Waals surface area contributed by atoms with E-state index in [2.05, 4.69) is 15.9 Å². The molecule has 0 radical (unpaired) electrons. The summed E-state index contributed by atoms with van der Waals surface area (Å²) in [5.41, 5.74) is 1.13. The molecular weight excluding hydrogens is 244 g/mol. The molecule has 0 spiro atoms. The summed E-state index contributed by atoms with van der Waals surface area (Å²) in [6.45, 7) is 0. The zero-order valence-corrected chi connectivity index (χ0v) is 9.93. The first-order valence-corrected chi connectivity index (χ1v) is 5.40. The van der Waals surface area contributed by atoms with Crippen molar-refractivity contribution >= 4 is 15.9 Å². The van der Waals surface area contributed by atoms with Crippen molar-refractivity contribution in [2.75, 3.05) is 14.2 Å². The van der Waals surface area contributed by atoms with Gasteiger partial charge in [0.2, 0.25) is 0 Å². The minimum atomic E-state index is -0.0621. The zero-order valence-electron chi connectivity index (χ0n) is 8.34. The van der Waals surface area contributed by atoms with E-state index in [9.17, 15) is 0 Å². The molecule has 0 aliphatic heterocycles. The maximum atomic E-state index is 5.53. The molecule has 0 saturated heterocycles. The lowest BCUT2D eigenvalue weighted by molar-refractivity contribution is 0.0781. The van der Waals surface area contributed by atoms with Gasteiger partial charge in [0.25, 0.3) is 0 Å². The number of ether oxygens (including phenoxy) is 2. The van der Waals surface area contributed by atoms with Crippen LogP contribution in [-0.4, -0.2) is 14.2 Å². The summed E-state index contributed by atoms with van der Waals surface area (Å²) >= 11 is 3.54. The Labute approximate surface area is 92.3 Å². The normalized spacial score (nSPS) is 17.9. The van der Waals surface area contributed by atoms with E-state index >= 15 is 0 Å². The second-order valence-corrected chi connectivity index (χ2v) is 4.40. The molecule has 14 heavy (non-hydrogen) atoms. The number of methoxy groups -OCH3 is 2. The van der Waals surface area contributed by atoms with Crippen molar-refractivity contribution in [1.29, 1.82) is 0 Å². The van der Waals surface area contributed by atoms with E-state index < -0.39 is 0 Å². The minimum absolute atomic E-state index is 0.0621. The second kappa shape index (κ2) is 3.55. The highest BCUT2D eigenvalue weighted by Crippen LogP contribution is 2.51. The second-order valence-electron chi connectivity index (χ2n) is 3.54. The molecule has 1 aromatic rings. The standard InChI is InChI=1S/C11H13BrO2/c1-13-8-3-4-10(12)9(7-8)11(14-2)5-6-11/h3-4,7H,5-6H2,1-2H3. The first kappa shape index (κ1) is 9.99. The predicted octanol–water partition coefficient (Wildman–Crippen LogP) is 3.09. The Balaban J connectivity index is 2.41. The quantitative estimate of drug-likeness (QED) is 0.828. The van der Waals surface area contributed by atoms with Gasteiger partial charge in [0.15, 0.2) is 0 Å². The summed E-state index contributed by atoms with van der Waals surface area (Å²) in [6.07, 6.45) is 2.19. The van der Waals surface area contributed by atoms with Crippen LogP contribution in [0.1, 0.15) is 18.4 Å². The van der Waals surface area contributed by atoms with Crippen LogP contribution in [0, 0.1) is 0 Å². The van der Waals surface area contributed by atoms with E-state index in [0.717, 1.165) is 23.1 Å². The molecule has 1 saturated carbocycles. The molecule has 0 heterocycles. The van der Waals surface area contributed by atoms with Gasteiger partial charge >= 0.3 is 0 Å². The summed E-state index contributed by atoms with van der Waals surface area (Å²) in [6, 6.07) is 5.99. The summed E-state index contributed by atoms with van der Waals surface area (Å²) in [7, 11) is 3.44. The van der Waals surface area contributed by atoms with Crippen LogP contribution in [0.5, 0.6) is 5.75 Å². The predicted molar refractivity (Wildman–Crippen MR) is 58.6 cm³/mol. The van der Waals surface area contributed by atoms with E-state index in [1.807, 2.05) is 18.2 Å². The smallest absolute Gasteiger partial charge is 0.119 e. The SMILES string of the molecule is COc1ccc(Br)c(C2(OC)CC2)c1. The highest BCUT2D eigenvalue weighted by molar-refractivity contribution is 9.10. The van der Waals surface area contributed by atoms with Gasteiger partial charge in [0, 0.05) is 17.1 Å². The van der Waals surface area contributed by atoms with Gasteiger partial charge in [-0.2, -0.15) is 0 Å². The number of benzene rings is 1. The van der Waals surface area contributed by atoms with E-state index in [1.165, 1.54) is 5.56 Å². The van der Waals surface area contributed by atoms with Gasteiger partial charge < -0.3 is 9.47 Å². The Bertz CT molecular complexity index is 345. The van der Waals surface area contributed by atoms with Crippen LogP contribution in [-0.2, 0) is 10.3 Å². The van der Waals surface area contributed by atoms with Crippen LogP contribution in [0.4, 0.5) is 0 Å². The van der Waals surface area contributed by atoms with Crippen LogP contribution < -0.4 is 4.74 Å². The van der Waals surface area contributed by atoms with Crippen molar-refractivity contribution in [3.05, 3.63) is 28.2 Å². The lowest BCUT2D eigenvalue weighted by Crippen LogP contribution is -2.09. The molecule has 76 valence electrons. The number of rotatable bonds is 3. The number of hydrogen-bond acceptors (Lipinski definition) is 2. The molecule has 2 nitrogen and oxygen atoms in total. The fourth-order valence-electron chi connectivity index (χ4n) is 1.68. The largest absolute Gasteiger partial charge is 0.497 e. The third kappa shape index (κ3) is 1.55. The van der Waals surface area contributed by atoms with Gasteiger partial charge in [-0.3, -0.25) is 0 Å². The van der Waals surface area contributed by atoms with Crippen molar-refractivity contribution in [3.63, 3.8) is 0 Å². The molecule has 0 atom stereocenters. The first-order chi connectivity index (χ1) is 6.72. The van der Waals surface area contributed by atoms with Crippen molar-refractivity contribution in [3.8, 4) is 5.75 Å². The van der Waals surface area contributed by atoms with E-state index in [-0.39, 0.29) is 5.60 Å². The number of hydrogen-bond donors (Lipinski definition) is 0. The van der Waals surface area contributed by atoms with Crippen LogP contribution in [0.25, 0.3) is 0 Å². The molecule has 1 aliphatic rings. The van der Waals surface area contributed by atoms with Gasteiger partial charge in [0.05, 0.1) is 12.7 Å². The molecule has 0 aromatic heterocycles. The summed E-state index contributed by atoms with van der Waals surface area (Å²) < 4.78 is 11.8. The van der Waals surface area contributed by atoms with Crippen molar-refractivity contribution in [2.24, 2.45) is 0 Å². The molecule has 3 heteroatoms. The Hall–Kier alpha value is -0.540. The van der Waals surface area contributed by atoms with Gasteiger partial charge in [-0.05, 0) is 31.0 Å². The average molecular weight is 257 g/mol. The number of halogens is 1. The van der Waals surface area contributed by atoms with Gasteiger partial charge in [-0.25, -0.2) is 0 Å².